The predicted molar refractivity (Wildman–Crippen MR) is 97.9 cm³/mol. The second-order valence-electron chi connectivity index (χ2n) is 6.54. The molecule has 1 aromatic carbocycles. The SMILES string of the molecule is CCCC(C)(CO)NC(=O)NC(C)c1ccc(-c2cncnc2)cc1. The molecule has 2 amide bonds. The average Bonchev–Trinajstić information content (AvgIpc) is 2.62. The maximum atomic E-state index is 12.2. The second-order valence-corrected chi connectivity index (χ2v) is 6.54. The van der Waals surface area contributed by atoms with E-state index in [1.54, 1.807) is 12.4 Å². The zero-order valence-electron chi connectivity index (χ0n) is 15.0. The van der Waals surface area contributed by atoms with Gasteiger partial charge < -0.3 is 15.7 Å². The number of carbonyl (C=O) groups is 1. The molecule has 0 aliphatic rings. The molecule has 0 aliphatic carbocycles. The Morgan fingerprint density at radius 2 is 1.84 bits per heavy atom. The lowest BCUT2D eigenvalue weighted by molar-refractivity contribution is 0.162. The number of carbonyl (C=O) groups excluding carboxylic acids is 1. The van der Waals surface area contributed by atoms with Crippen LogP contribution in [-0.2, 0) is 0 Å². The number of hydrogen-bond donors (Lipinski definition) is 3. The molecule has 2 atom stereocenters. The standard InChI is InChI=1S/C19H26N4O2/c1-4-9-19(3,12-24)23-18(25)22-14(2)15-5-7-16(8-6-15)17-10-20-13-21-11-17/h5-8,10-11,13-14,24H,4,9,12H2,1-3H3,(H2,22,23,25). The molecule has 0 bridgehead atoms. The number of aromatic nitrogens is 2. The Labute approximate surface area is 148 Å². The van der Waals surface area contributed by atoms with Crippen LogP contribution in [0.2, 0.25) is 0 Å². The van der Waals surface area contributed by atoms with Crippen molar-refractivity contribution in [2.75, 3.05) is 6.61 Å². The molecule has 3 N–H and O–H groups in total. The van der Waals surface area contributed by atoms with Gasteiger partial charge in [0.15, 0.2) is 0 Å². The molecule has 2 rings (SSSR count). The lowest BCUT2D eigenvalue weighted by Gasteiger charge is -2.29. The normalized spacial score (nSPS) is 14.4. The van der Waals surface area contributed by atoms with Crippen molar-refractivity contribution in [2.45, 2.75) is 45.2 Å². The van der Waals surface area contributed by atoms with Crippen LogP contribution in [0.25, 0.3) is 11.1 Å². The molecule has 1 aromatic heterocycles. The van der Waals surface area contributed by atoms with E-state index in [4.69, 9.17) is 0 Å². The fourth-order valence-electron chi connectivity index (χ4n) is 2.74. The van der Waals surface area contributed by atoms with E-state index in [1.807, 2.05) is 45.0 Å². The summed E-state index contributed by atoms with van der Waals surface area (Å²) in [6, 6.07) is 7.50. The topological polar surface area (TPSA) is 87.1 Å². The van der Waals surface area contributed by atoms with Crippen molar-refractivity contribution in [3.8, 4) is 11.1 Å². The molecule has 25 heavy (non-hydrogen) atoms. The minimum Gasteiger partial charge on any atom is -0.394 e. The predicted octanol–water partition coefficient (Wildman–Crippen LogP) is 3.05. The fraction of sp³-hybridized carbons (Fsp3) is 0.421. The van der Waals surface area contributed by atoms with Crippen molar-refractivity contribution >= 4 is 6.03 Å². The molecule has 6 nitrogen and oxygen atoms in total. The lowest BCUT2D eigenvalue weighted by Crippen LogP contribution is -2.52. The van der Waals surface area contributed by atoms with Gasteiger partial charge >= 0.3 is 6.03 Å². The fourth-order valence-corrected chi connectivity index (χ4v) is 2.74. The Hall–Kier alpha value is -2.47. The summed E-state index contributed by atoms with van der Waals surface area (Å²) in [7, 11) is 0. The molecule has 0 fully saturated rings. The molecule has 2 aromatic rings. The van der Waals surface area contributed by atoms with Crippen molar-refractivity contribution in [3.05, 3.63) is 48.5 Å². The number of rotatable bonds is 7. The first-order valence-electron chi connectivity index (χ1n) is 8.52. The smallest absolute Gasteiger partial charge is 0.315 e. The van der Waals surface area contributed by atoms with E-state index in [-0.39, 0.29) is 18.7 Å². The highest BCUT2D eigenvalue weighted by Gasteiger charge is 2.25. The van der Waals surface area contributed by atoms with E-state index in [2.05, 4.69) is 20.6 Å². The number of aliphatic hydroxyl groups is 1. The van der Waals surface area contributed by atoms with Crippen molar-refractivity contribution in [2.24, 2.45) is 0 Å². The third kappa shape index (κ3) is 5.26. The quantitative estimate of drug-likeness (QED) is 0.722. The average molecular weight is 342 g/mol. The molecule has 0 saturated heterocycles. The highest BCUT2D eigenvalue weighted by Crippen LogP contribution is 2.20. The molecule has 0 radical (unpaired) electrons. The first-order valence-corrected chi connectivity index (χ1v) is 8.52. The van der Waals surface area contributed by atoms with Crippen LogP contribution in [0.3, 0.4) is 0 Å². The minimum atomic E-state index is -0.601. The number of amides is 2. The van der Waals surface area contributed by atoms with Gasteiger partial charge in [0.05, 0.1) is 18.2 Å². The molecule has 2 unspecified atom stereocenters. The second kappa shape index (κ2) is 8.58. The van der Waals surface area contributed by atoms with E-state index < -0.39 is 5.54 Å². The van der Waals surface area contributed by atoms with Crippen molar-refractivity contribution < 1.29 is 9.90 Å². The highest BCUT2D eigenvalue weighted by molar-refractivity contribution is 5.75. The Morgan fingerprint density at radius 1 is 1.20 bits per heavy atom. The van der Waals surface area contributed by atoms with E-state index >= 15 is 0 Å². The summed E-state index contributed by atoms with van der Waals surface area (Å²) in [5.41, 5.74) is 2.37. The molecule has 0 saturated carbocycles. The number of aliphatic hydroxyl groups excluding tert-OH is 1. The van der Waals surface area contributed by atoms with Gasteiger partial charge in [-0.2, -0.15) is 0 Å². The van der Waals surface area contributed by atoms with E-state index in [9.17, 15) is 9.90 Å². The van der Waals surface area contributed by atoms with Crippen molar-refractivity contribution in [3.63, 3.8) is 0 Å². The van der Waals surface area contributed by atoms with Crippen LogP contribution in [0, 0.1) is 0 Å². The van der Waals surface area contributed by atoms with Gasteiger partial charge in [0, 0.05) is 18.0 Å². The number of urea groups is 1. The lowest BCUT2D eigenvalue weighted by atomic mass is 9.97. The van der Waals surface area contributed by atoms with E-state index in [0.717, 1.165) is 29.5 Å². The maximum absolute atomic E-state index is 12.2. The van der Waals surface area contributed by atoms with Crippen LogP contribution in [0.15, 0.2) is 43.0 Å². The Balaban J connectivity index is 1.98. The van der Waals surface area contributed by atoms with Crippen LogP contribution in [0.4, 0.5) is 4.79 Å². The Kier molecular flexibility index (Phi) is 6.47. The summed E-state index contributed by atoms with van der Waals surface area (Å²) in [6.07, 6.45) is 6.64. The third-order valence-corrected chi connectivity index (χ3v) is 4.22. The zero-order chi connectivity index (χ0) is 18.3. The molecule has 0 aliphatic heterocycles. The van der Waals surface area contributed by atoms with Gasteiger partial charge in [-0.05, 0) is 31.4 Å². The number of nitrogens with one attached hydrogen (secondary N) is 2. The summed E-state index contributed by atoms with van der Waals surface area (Å²) in [6.45, 7) is 5.71. The molecule has 134 valence electrons. The van der Waals surface area contributed by atoms with Gasteiger partial charge in [-0.3, -0.25) is 0 Å². The van der Waals surface area contributed by atoms with Gasteiger partial charge in [0.1, 0.15) is 6.33 Å². The summed E-state index contributed by atoms with van der Waals surface area (Å²) in [5.74, 6) is 0. The van der Waals surface area contributed by atoms with Crippen LogP contribution >= 0.6 is 0 Å². The van der Waals surface area contributed by atoms with Gasteiger partial charge in [-0.1, -0.05) is 37.6 Å². The van der Waals surface area contributed by atoms with Gasteiger partial charge in [-0.25, -0.2) is 14.8 Å². The molecule has 1 heterocycles. The molecule has 6 heteroatoms. The van der Waals surface area contributed by atoms with Crippen molar-refractivity contribution in [1.82, 2.24) is 20.6 Å². The van der Waals surface area contributed by atoms with Crippen LogP contribution in [0.1, 0.15) is 45.2 Å². The van der Waals surface area contributed by atoms with E-state index in [1.165, 1.54) is 6.33 Å². The Morgan fingerprint density at radius 3 is 2.40 bits per heavy atom. The zero-order valence-corrected chi connectivity index (χ0v) is 15.0. The number of benzene rings is 1. The summed E-state index contributed by atoms with van der Waals surface area (Å²) in [5, 5.41) is 15.3. The van der Waals surface area contributed by atoms with Gasteiger partial charge in [0.2, 0.25) is 0 Å². The summed E-state index contributed by atoms with van der Waals surface area (Å²) < 4.78 is 0. The molecular weight excluding hydrogens is 316 g/mol. The van der Waals surface area contributed by atoms with Crippen LogP contribution < -0.4 is 10.6 Å². The molecular formula is C19H26N4O2. The monoisotopic (exact) mass is 342 g/mol. The largest absolute Gasteiger partial charge is 0.394 e. The molecule has 0 spiro atoms. The maximum Gasteiger partial charge on any atom is 0.315 e. The van der Waals surface area contributed by atoms with E-state index in [0.29, 0.717) is 0 Å². The van der Waals surface area contributed by atoms with Gasteiger partial charge in [0.25, 0.3) is 0 Å². The summed E-state index contributed by atoms with van der Waals surface area (Å²) in [4.78, 5) is 20.3. The van der Waals surface area contributed by atoms with Crippen molar-refractivity contribution in [1.29, 1.82) is 0 Å². The first kappa shape index (κ1) is 18.9. The summed E-state index contributed by atoms with van der Waals surface area (Å²) >= 11 is 0. The third-order valence-electron chi connectivity index (χ3n) is 4.22. The number of nitrogens with zero attached hydrogens (tertiary/aromatic N) is 2. The highest BCUT2D eigenvalue weighted by atomic mass is 16.3. The number of hydrogen-bond acceptors (Lipinski definition) is 4. The Bertz CT molecular complexity index is 676. The van der Waals surface area contributed by atoms with Gasteiger partial charge in [-0.15, -0.1) is 0 Å². The first-order chi connectivity index (χ1) is 12.0. The minimum absolute atomic E-state index is 0.0868. The van der Waals surface area contributed by atoms with Crippen LogP contribution in [-0.4, -0.2) is 33.3 Å². The van der Waals surface area contributed by atoms with Crippen LogP contribution in [0.5, 0.6) is 0 Å².